The molecule has 2 heterocycles. The standard InChI is InChI=1S/C25H35N9.ClH/c1-19(21-7-3-5-9-23(21)33-15-11-27-12-16-33)29-31-25(26)32-30-20(2)22-8-4-6-10-24(22)34-17-13-28-14-18-34;/h3-10,27-28H,11-18H2,1-2H3,(H3,26,31,32);1H. The molecule has 188 valence electrons. The number of nitrogens with two attached hydrogens (primary N) is 1. The van der Waals surface area contributed by atoms with E-state index in [-0.39, 0.29) is 18.4 Å². The Morgan fingerprint density at radius 3 is 1.71 bits per heavy atom. The number of anilines is 2. The highest BCUT2D eigenvalue weighted by atomic mass is 35.5. The molecule has 0 aliphatic carbocycles. The number of hydrogen-bond acceptors (Lipinski definition) is 7. The summed E-state index contributed by atoms with van der Waals surface area (Å²) in [4.78, 5) is 4.76. The highest BCUT2D eigenvalue weighted by Crippen LogP contribution is 2.22. The second kappa shape index (κ2) is 13.1. The van der Waals surface area contributed by atoms with E-state index in [0.717, 1.165) is 74.9 Å². The normalized spacial score (nSPS) is 17.7. The van der Waals surface area contributed by atoms with Gasteiger partial charge >= 0.3 is 0 Å². The number of halogens is 1. The van der Waals surface area contributed by atoms with Gasteiger partial charge in [0.05, 0.1) is 11.4 Å². The van der Waals surface area contributed by atoms with Crippen molar-refractivity contribution in [2.45, 2.75) is 13.8 Å². The Bertz CT molecular complexity index is 1050. The lowest BCUT2D eigenvalue weighted by molar-refractivity contribution is 0.589. The van der Waals surface area contributed by atoms with E-state index in [1.807, 2.05) is 26.0 Å². The van der Waals surface area contributed by atoms with Crippen molar-refractivity contribution in [1.82, 2.24) is 16.1 Å². The number of hydrazone groups is 1. The van der Waals surface area contributed by atoms with Crippen LogP contribution in [0, 0.1) is 0 Å². The summed E-state index contributed by atoms with van der Waals surface area (Å²) in [7, 11) is 0. The van der Waals surface area contributed by atoms with Crippen molar-refractivity contribution in [3.63, 3.8) is 0 Å². The molecule has 0 spiro atoms. The predicted octanol–water partition coefficient (Wildman–Crippen LogP) is 1.98. The van der Waals surface area contributed by atoms with Gasteiger partial charge in [0, 0.05) is 74.9 Å². The summed E-state index contributed by atoms with van der Waals surface area (Å²) < 4.78 is 0. The highest BCUT2D eigenvalue weighted by Gasteiger charge is 2.16. The maximum Gasteiger partial charge on any atom is 0.234 e. The van der Waals surface area contributed by atoms with Crippen molar-refractivity contribution in [3.05, 3.63) is 59.7 Å². The minimum atomic E-state index is 0. The Labute approximate surface area is 214 Å². The Morgan fingerprint density at radius 2 is 1.20 bits per heavy atom. The van der Waals surface area contributed by atoms with Crippen LogP contribution in [0.2, 0.25) is 0 Å². The third-order valence-corrected chi connectivity index (χ3v) is 6.15. The van der Waals surface area contributed by atoms with Gasteiger partial charge in [-0.25, -0.2) is 5.43 Å². The van der Waals surface area contributed by atoms with Crippen LogP contribution in [-0.4, -0.2) is 69.7 Å². The molecule has 35 heavy (non-hydrogen) atoms. The number of guanidine groups is 1. The van der Waals surface area contributed by atoms with E-state index in [4.69, 9.17) is 5.73 Å². The summed E-state index contributed by atoms with van der Waals surface area (Å²) in [5.41, 5.74) is 15.1. The van der Waals surface area contributed by atoms with Crippen LogP contribution in [0.25, 0.3) is 0 Å². The van der Waals surface area contributed by atoms with Gasteiger partial charge in [-0.2, -0.15) is 10.2 Å². The van der Waals surface area contributed by atoms with Crippen LogP contribution < -0.4 is 31.6 Å². The molecular formula is C25H36ClN9. The molecule has 10 heteroatoms. The number of para-hydroxylation sites is 2. The number of piperazine rings is 2. The van der Waals surface area contributed by atoms with Crippen molar-refractivity contribution >= 4 is 41.2 Å². The molecule has 2 fully saturated rings. The van der Waals surface area contributed by atoms with Crippen LogP contribution in [0.5, 0.6) is 0 Å². The SMILES string of the molecule is CC(=NN=C(N)NN=C(C)c1ccccc1N1CCNCC1)c1ccccc1N1CCNCC1.Cl. The second-order valence-electron chi connectivity index (χ2n) is 8.49. The van der Waals surface area contributed by atoms with E-state index in [1.165, 1.54) is 11.4 Å². The van der Waals surface area contributed by atoms with Gasteiger partial charge in [0.2, 0.25) is 5.96 Å². The van der Waals surface area contributed by atoms with Gasteiger partial charge in [-0.05, 0) is 26.0 Å². The first kappa shape index (κ1) is 26.5. The molecule has 2 aliphatic heterocycles. The molecular weight excluding hydrogens is 462 g/mol. The first-order valence-corrected chi connectivity index (χ1v) is 11.9. The molecule has 0 bridgehead atoms. The van der Waals surface area contributed by atoms with Crippen LogP contribution in [0.1, 0.15) is 25.0 Å². The Kier molecular flexibility index (Phi) is 9.89. The highest BCUT2D eigenvalue weighted by molar-refractivity contribution is 6.05. The molecule has 0 unspecified atom stereocenters. The van der Waals surface area contributed by atoms with Gasteiger partial charge in [-0.1, -0.05) is 36.4 Å². The van der Waals surface area contributed by atoms with Crippen LogP contribution in [0.3, 0.4) is 0 Å². The lowest BCUT2D eigenvalue weighted by atomic mass is 10.1. The van der Waals surface area contributed by atoms with Crippen LogP contribution in [-0.2, 0) is 0 Å². The van der Waals surface area contributed by atoms with Crippen LogP contribution >= 0.6 is 12.4 Å². The topological polar surface area (TPSA) is 106 Å². The largest absolute Gasteiger partial charge is 0.368 e. The zero-order valence-electron chi connectivity index (χ0n) is 20.5. The first-order chi connectivity index (χ1) is 16.6. The van der Waals surface area contributed by atoms with Crippen molar-refractivity contribution in [3.8, 4) is 0 Å². The molecule has 0 saturated carbocycles. The van der Waals surface area contributed by atoms with E-state index in [0.29, 0.717) is 0 Å². The third-order valence-electron chi connectivity index (χ3n) is 6.15. The van der Waals surface area contributed by atoms with Gasteiger partial charge in [0.1, 0.15) is 0 Å². The van der Waals surface area contributed by atoms with E-state index < -0.39 is 0 Å². The molecule has 0 radical (unpaired) electrons. The predicted molar refractivity (Wildman–Crippen MR) is 149 cm³/mol. The van der Waals surface area contributed by atoms with E-state index in [2.05, 4.69) is 77.6 Å². The molecule has 2 aliphatic rings. The third kappa shape index (κ3) is 6.94. The lowest BCUT2D eigenvalue weighted by Crippen LogP contribution is -2.44. The molecule has 4 rings (SSSR count). The summed E-state index contributed by atoms with van der Waals surface area (Å²) in [6.45, 7) is 11.8. The van der Waals surface area contributed by atoms with Gasteiger partial charge < -0.3 is 26.2 Å². The number of nitrogens with zero attached hydrogens (tertiary/aromatic N) is 5. The molecule has 2 saturated heterocycles. The first-order valence-electron chi connectivity index (χ1n) is 11.9. The quantitative estimate of drug-likeness (QED) is 0.276. The monoisotopic (exact) mass is 497 g/mol. The smallest absolute Gasteiger partial charge is 0.234 e. The number of rotatable bonds is 6. The van der Waals surface area contributed by atoms with Gasteiger partial charge in [0.25, 0.3) is 0 Å². The average Bonchev–Trinajstić information content (AvgIpc) is 2.91. The number of nitrogens with one attached hydrogen (secondary N) is 3. The van der Waals surface area contributed by atoms with Crippen molar-refractivity contribution in [2.75, 3.05) is 62.2 Å². The molecule has 2 aromatic rings. The minimum Gasteiger partial charge on any atom is -0.368 e. The zero-order chi connectivity index (χ0) is 23.8. The molecule has 2 aromatic carbocycles. The number of hydrogen-bond donors (Lipinski definition) is 4. The fraction of sp³-hybridized carbons (Fsp3) is 0.400. The summed E-state index contributed by atoms with van der Waals surface area (Å²) in [6, 6.07) is 16.6. The molecule has 0 atom stereocenters. The van der Waals surface area contributed by atoms with Gasteiger partial charge in [-0.3, -0.25) is 0 Å². The molecule has 9 nitrogen and oxygen atoms in total. The second-order valence-corrected chi connectivity index (χ2v) is 8.49. The van der Waals surface area contributed by atoms with Crippen molar-refractivity contribution in [1.29, 1.82) is 0 Å². The summed E-state index contributed by atoms with van der Waals surface area (Å²) in [5.74, 6) is 0.151. The van der Waals surface area contributed by atoms with E-state index >= 15 is 0 Å². The van der Waals surface area contributed by atoms with Crippen molar-refractivity contribution in [2.24, 2.45) is 21.0 Å². The average molecular weight is 498 g/mol. The summed E-state index contributed by atoms with van der Waals surface area (Å²) >= 11 is 0. The zero-order valence-corrected chi connectivity index (χ0v) is 21.3. The fourth-order valence-electron chi connectivity index (χ4n) is 4.33. The summed E-state index contributed by atoms with van der Waals surface area (Å²) in [6.07, 6.45) is 0. The number of benzene rings is 2. The summed E-state index contributed by atoms with van der Waals surface area (Å²) in [5, 5.41) is 19.8. The Balaban J connectivity index is 0.00000342. The maximum atomic E-state index is 6.08. The Hall–Kier alpha value is -3.14. The molecule has 5 N–H and O–H groups in total. The van der Waals surface area contributed by atoms with Crippen molar-refractivity contribution < 1.29 is 0 Å². The lowest BCUT2D eigenvalue weighted by Gasteiger charge is -2.31. The van der Waals surface area contributed by atoms with Gasteiger partial charge in [0.15, 0.2) is 0 Å². The van der Waals surface area contributed by atoms with Crippen LogP contribution in [0.4, 0.5) is 11.4 Å². The fourth-order valence-corrected chi connectivity index (χ4v) is 4.33. The minimum absolute atomic E-state index is 0. The van der Waals surface area contributed by atoms with Gasteiger partial charge in [-0.15, -0.1) is 17.5 Å². The molecule has 0 amide bonds. The Morgan fingerprint density at radius 1 is 0.743 bits per heavy atom. The van der Waals surface area contributed by atoms with Crippen LogP contribution in [0.15, 0.2) is 63.8 Å². The van der Waals surface area contributed by atoms with E-state index in [9.17, 15) is 0 Å². The molecule has 0 aromatic heterocycles. The van der Waals surface area contributed by atoms with E-state index in [1.54, 1.807) is 0 Å². The maximum absolute atomic E-state index is 6.08.